The van der Waals surface area contributed by atoms with Gasteiger partial charge in [-0.2, -0.15) is 0 Å². The quantitative estimate of drug-likeness (QED) is 0.682. The summed E-state index contributed by atoms with van der Waals surface area (Å²) in [5.74, 6) is 0. The molecule has 1 heterocycles. The van der Waals surface area contributed by atoms with Crippen LogP contribution in [0.15, 0.2) is 22.8 Å². The third kappa shape index (κ3) is 2.70. The van der Waals surface area contributed by atoms with E-state index >= 15 is 0 Å². The number of nitrogens with zero attached hydrogens (tertiary/aromatic N) is 4. The van der Waals surface area contributed by atoms with Crippen molar-refractivity contribution in [2.24, 2.45) is 0 Å². The maximum atomic E-state index is 11.2. The summed E-state index contributed by atoms with van der Waals surface area (Å²) in [6, 6.07) is 3.23. The normalized spacial score (nSPS) is 12.4. The average molecular weight is 341 g/mol. The minimum absolute atomic E-state index is 0.0701. The molecule has 1 atom stereocenters. The van der Waals surface area contributed by atoms with Crippen molar-refractivity contribution >= 4 is 21.6 Å². The fourth-order valence-electron chi connectivity index (χ4n) is 1.83. The zero-order chi connectivity index (χ0) is 14.9. The molecule has 0 saturated heterocycles. The van der Waals surface area contributed by atoms with Gasteiger partial charge in [-0.1, -0.05) is 12.1 Å². The third-order valence-electron chi connectivity index (χ3n) is 2.85. The summed E-state index contributed by atoms with van der Waals surface area (Å²) in [7, 11) is 0. The largest absolute Gasteiger partial charge is 0.387 e. The van der Waals surface area contributed by atoms with E-state index in [0.29, 0.717) is 22.3 Å². The molecule has 106 valence electrons. The van der Waals surface area contributed by atoms with Crippen molar-refractivity contribution in [2.75, 3.05) is 0 Å². The van der Waals surface area contributed by atoms with E-state index in [9.17, 15) is 15.2 Å². The van der Waals surface area contributed by atoms with Crippen LogP contribution in [0.1, 0.15) is 30.7 Å². The van der Waals surface area contributed by atoms with Crippen LogP contribution >= 0.6 is 15.9 Å². The Hall–Kier alpha value is -1.80. The van der Waals surface area contributed by atoms with E-state index in [1.54, 1.807) is 13.0 Å². The lowest BCUT2D eigenvalue weighted by molar-refractivity contribution is -0.384. The van der Waals surface area contributed by atoms with E-state index in [1.165, 1.54) is 16.9 Å². The summed E-state index contributed by atoms with van der Waals surface area (Å²) in [6.07, 6.45) is 1.26. The van der Waals surface area contributed by atoms with Crippen LogP contribution in [-0.2, 0) is 0 Å². The number of nitro benzene ring substituents is 1. The van der Waals surface area contributed by atoms with Crippen molar-refractivity contribution in [1.29, 1.82) is 0 Å². The molecule has 0 aliphatic rings. The highest BCUT2D eigenvalue weighted by Crippen LogP contribution is 2.32. The number of aryl methyl sites for hydroxylation is 1. The summed E-state index contributed by atoms with van der Waals surface area (Å²) in [5, 5.41) is 28.6. The molecule has 0 spiro atoms. The molecular weight excluding hydrogens is 328 g/mol. The predicted octanol–water partition coefficient (Wildman–Crippen LogP) is 2.69. The van der Waals surface area contributed by atoms with Gasteiger partial charge in [-0.15, -0.1) is 5.10 Å². The first kappa shape index (κ1) is 14.6. The molecule has 1 aromatic heterocycles. The Morgan fingerprint density at radius 3 is 2.85 bits per heavy atom. The second kappa shape index (κ2) is 5.68. The molecule has 8 heteroatoms. The topological polar surface area (TPSA) is 94.1 Å². The summed E-state index contributed by atoms with van der Waals surface area (Å²) in [6.45, 7) is 3.59. The first-order chi connectivity index (χ1) is 9.43. The molecule has 0 saturated carbocycles. The number of nitro groups is 1. The Morgan fingerprint density at radius 1 is 1.55 bits per heavy atom. The van der Waals surface area contributed by atoms with Crippen molar-refractivity contribution in [2.45, 2.75) is 26.4 Å². The Morgan fingerprint density at radius 2 is 2.25 bits per heavy atom. The molecule has 7 nitrogen and oxygen atoms in total. The third-order valence-corrected chi connectivity index (χ3v) is 3.46. The Kier molecular flexibility index (Phi) is 4.15. The summed E-state index contributed by atoms with van der Waals surface area (Å²) >= 11 is 3.31. The molecule has 2 rings (SSSR count). The van der Waals surface area contributed by atoms with Gasteiger partial charge >= 0.3 is 0 Å². The van der Waals surface area contributed by atoms with Gasteiger partial charge in [-0.05, 0) is 40.9 Å². The fourth-order valence-corrected chi connectivity index (χ4v) is 2.58. The van der Waals surface area contributed by atoms with Gasteiger partial charge in [0, 0.05) is 6.07 Å². The van der Waals surface area contributed by atoms with Crippen LogP contribution in [-0.4, -0.2) is 25.0 Å². The summed E-state index contributed by atoms with van der Waals surface area (Å²) < 4.78 is 1.85. The summed E-state index contributed by atoms with van der Waals surface area (Å²) in [4.78, 5) is 10.7. The van der Waals surface area contributed by atoms with E-state index in [1.807, 2.05) is 6.92 Å². The maximum absolute atomic E-state index is 11.2. The zero-order valence-corrected chi connectivity index (χ0v) is 12.5. The van der Waals surface area contributed by atoms with Gasteiger partial charge in [-0.25, -0.2) is 4.68 Å². The van der Waals surface area contributed by atoms with Crippen LogP contribution in [0.25, 0.3) is 5.69 Å². The number of hydrogen-bond donors (Lipinski definition) is 1. The van der Waals surface area contributed by atoms with Gasteiger partial charge < -0.3 is 5.11 Å². The second-order valence-corrected chi connectivity index (χ2v) is 5.24. The molecule has 0 fully saturated rings. The van der Waals surface area contributed by atoms with E-state index in [4.69, 9.17) is 0 Å². The van der Waals surface area contributed by atoms with Crippen LogP contribution in [0.4, 0.5) is 5.69 Å². The van der Waals surface area contributed by atoms with Crippen molar-refractivity contribution in [3.8, 4) is 5.69 Å². The van der Waals surface area contributed by atoms with Crippen molar-refractivity contribution in [3.05, 3.63) is 44.2 Å². The first-order valence-electron chi connectivity index (χ1n) is 5.99. The maximum Gasteiger partial charge on any atom is 0.296 e. The number of hydrogen-bond acceptors (Lipinski definition) is 5. The van der Waals surface area contributed by atoms with Crippen molar-refractivity contribution < 1.29 is 10.0 Å². The van der Waals surface area contributed by atoms with E-state index in [0.717, 1.165) is 5.56 Å². The van der Waals surface area contributed by atoms with Gasteiger partial charge in [0.25, 0.3) is 5.69 Å². The standard InChI is InChI=1S/C12H13BrN4O3/c1-3-11(18)9-6-16(15-14-9)12-8(13)4-7(2)5-10(12)17(19)20/h4-6,11,18H,3H2,1-2H3. The lowest BCUT2D eigenvalue weighted by Crippen LogP contribution is -2.03. The van der Waals surface area contributed by atoms with Crippen LogP contribution in [0, 0.1) is 17.0 Å². The second-order valence-electron chi connectivity index (χ2n) is 4.38. The molecule has 0 aliphatic carbocycles. The number of aliphatic hydroxyl groups excluding tert-OH is 1. The zero-order valence-electron chi connectivity index (χ0n) is 10.9. The van der Waals surface area contributed by atoms with E-state index in [-0.39, 0.29) is 5.69 Å². The van der Waals surface area contributed by atoms with Crippen LogP contribution in [0.3, 0.4) is 0 Å². The number of aromatic nitrogens is 3. The molecule has 0 radical (unpaired) electrons. The van der Waals surface area contributed by atoms with Crippen molar-refractivity contribution in [1.82, 2.24) is 15.0 Å². The monoisotopic (exact) mass is 340 g/mol. The molecular formula is C12H13BrN4O3. The minimum atomic E-state index is -0.730. The van der Waals surface area contributed by atoms with Crippen molar-refractivity contribution in [3.63, 3.8) is 0 Å². The van der Waals surface area contributed by atoms with E-state index < -0.39 is 11.0 Å². The molecule has 1 N–H and O–H groups in total. The highest BCUT2D eigenvalue weighted by molar-refractivity contribution is 9.10. The molecule has 1 aromatic carbocycles. The smallest absolute Gasteiger partial charge is 0.296 e. The molecule has 0 bridgehead atoms. The van der Waals surface area contributed by atoms with Gasteiger partial charge in [0.2, 0.25) is 0 Å². The predicted molar refractivity (Wildman–Crippen MR) is 75.7 cm³/mol. The van der Waals surface area contributed by atoms with Crippen LogP contribution in [0.2, 0.25) is 0 Å². The first-order valence-corrected chi connectivity index (χ1v) is 6.78. The summed E-state index contributed by atoms with van der Waals surface area (Å²) in [5.41, 5.74) is 1.37. The number of aliphatic hydroxyl groups is 1. The number of rotatable bonds is 4. The Balaban J connectivity index is 2.57. The van der Waals surface area contributed by atoms with Gasteiger partial charge in [0.1, 0.15) is 5.69 Å². The highest BCUT2D eigenvalue weighted by Gasteiger charge is 2.21. The lowest BCUT2D eigenvalue weighted by Gasteiger charge is -2.06. The Bertz CT molecular complexity index is 656. The molecule has 20 heavy (non-hydrogen) atoms. The van der Waals surface area contributed by atoms with Gasteiger partial charge in [0.15, 0.2) is 5.69 Å². The lowest BCUT2D eigenvalue weighted by atomic mass is 10.2. The minimum Gasteiger partial charge on any atom is -0.387 e. The average Bonchev–Trinajstić information content (AvgIpc) is 2.86. The van der Waals surface area contributed by atoms with Crippen LogP contribution in [0.5, 0.6) is 0 Å². The van der Waals surface area contributed by atoms with Crippen LogP contribution < -0.4 is 0 Å². The SMILES string of the molecule is CCC(O)c1cn(-c2c(Br)cc(C)cc2[N+](=O)[O-])nn1. The molecule has 2 aromatic rings. The van der Waals surface area contributed by atoms with Gasteiger partial charge in [-0.3, -0.25) is 10.1 Å². The number of benzene rings is 1. The van der Waals surface area contributed by atoms with E-state index in [2.05, 4.69) is 26.2 Å². The van der Waals surface area contributed by atoms with Gasteiger partial charge in [0.05, 0.1) is 21.7 Å². The Labute approximate surface area is 123 Å². The highest BCUT2D eigenvalue weighted by atomic mass is 79.9. The molecule has 0 amide bonds. The molecule has 0 aliphatic heterocycles. The fraction of sp³-hybridized carbons (Fsp3) is 0.333. The number of halogens is 1. The molecule has 1 unspecified atom stereocenters.